The van der Waals surface area contributed by atoms with Crippen LogP contribution in [0.4, 0.5) is 0 Å². The molecule has 2 aromatic rings. The van der Waals surface area contributed by atoms with Gasteiger partial charge in [0.15, 0.2) is 6.29 Å². The zero-order valence-corrected chi connectivity index (χ0v) is 16.4. The quantitative estimate of drug-likeness (QED) is 0.550. The van der Waals surface area contributed by atoms with E-state index in [1.54, 1.807) is 0 Å². The van der Waals surface area contributed by atoms with Gasteiger partial charge in [-0.25, -0.2) is 0 Å². The van der Waals surface area contributed by atoms with Crippen LogP contribution in [-0.4, -0.2) is 13.2 Å². The first-order valence-corrected chi connectivity index (χ1v) is 10.3. The SMILES string of the molecule is C=CC1CCC(C2COC(c3ccc(-c4ccc(Cl)cc4)cc3)OC2)CC1. The molecule has 142 valence electrons. The maximum Gasteiger partial charge on any atom is 0.183 e. The molecule has 3 heteroatoms. The third-order valence-corrected chi connectivity index (χ3v) is 6.35. The molecule has 0 amide bonds. The van der Waals surface area contributed by atoms with Gasteiger partial charge in [0.1, 0.15) is 0 Å². The van der Waals surface area contributed by atoms with Crippen molar-refractivity contribution in [3.63, 3.8) is 0 Å². The van der Waals surface area contributed by atoms with Gasteiger partial charge in [-0.05, 0) is 60.8 Å². The van der Waals surface area contributed by atoms with Gasteiger partial charge >= 0.3 is 0 Å². The van der Waals surface area contributed by atoms with Crippen LogP contribution >= 0.6 is 11.6 Å². The van der Waals surface area contributed by atoms with E-state index in [9.17, 15) is 0 Å². The van der Waals surface area contributed by atoms with Gasteiger partial charge < -0.3 is 9.47 Å². The molecule has 0 radical (unpaired) electrons. The summed E-state index contributed by atoms with van der Waals surface area (Å²) in [6, 6.07) is 16.4. The van der Waals surface area contributed by atoms with E-state index in [0.29, 0.717) is 11.8 Å². The number of ether oxygens (including phenoxy) is 2. The Bertz CT molecular complexity index is 737. The number of halogens is 1. The molecule has 0 N–H and O–H groups in total. The summed E-state index contributed by atoms with van der Waals surface area (Å²) in [7, 11) is 0. The Morgan fingerprint density at radius 3 is 1.89 bits per heavy atom. The van der Waals surface area contributed by atoms with Crippen LogP contribution in [0.25, 0.3) is 11.1 Å². The second-order valence-corrected chi connectivity index (χ2v) is 8.23. The summed E-state index contributed by atoms with van der Waals surface area (Å²) in [6.45, 7) is 5.54. The van der Waals surface area contributed by atoms with Crippen LogP contribution in [0.3, 0.4) is 0 Å². The molecule has 2 nitrogen and oxygen atoms in total. The summed E-state index contributed by atoms with van der Waals surface area (Å²) >= 11 is 5.97. The van der Waals surface area contributed by atoms with E-state index in [2.05, 4.69) is 36.9 Å². The molecule has 0 spiro atoms. The van der Waals surface area contributed by atoms with Crippen molar-refractivity contribution in [1.29, 1.82) is 0 Å². The molecule has 1 heterocycles. The monoisotopic (exact) mass is 382 g/mol. The molecule has 1 aliphatic carbocycles. The molecular formula is C24H27ClO2. The highest BCUT2D eigenvalue weighted by molar-refractivity contribution is 6.30. The van der Waals surface area contributed by atoms with Crippen molar-refractivity contribution in [3.05, 3.63) is 71.8 Å². The van der Waals surface area contributed by atoms with Crippen molar-refractivity contribution >= 4 is 11.6 Å². The van der Waals surface area contributed by atoms with Gasteiger partial charge in [0, 0.05) is 16.5 Å². The molecule has 4 rings (SSSR count). The van der Waals surface area contributed by atoms with Gasteiger partial charge in [-0.15, -0.1) is 6.58 Å². The van der Waals surface area contributed by atoms with E-state index in [-0.39, 0.29) is 6.29 Å². The van der Waals surface area contributed by atoms with E-state index < -0.39 is 0 Å². The van der Waals surface area contributed by atoms with Gasteiger partial charge in [0.25, 0.3) is 0 Å². The highest BCUT2D eigenvalue weighted by Crippen LogP contribution is 2.37. The third kappa shape index (κ3) is 4.45. The Morgan fingerprint density at radius 1 is 0.778 bits per heavy atom. The van der Waals surface area contributed by atoms with Crippen molar-refractivity contribution in [2.45, 2.75) is 32.0 Å². The van der Waals surface area contributed by atoms with Crippen LogP contribution in [0.1, 0.15) is 37.5 Å². The normalized spacial score (nSPS) is 28.6. The first-order valence-electron chi connectivity index (χ1n) is 9.94. The zero-order chi connectivity index (χ0) is 18.6. The van der Waals surface area contributed by atoms with Crippen LogP contribution in [0.15, 0.2) is 61.2 Å². The Kier molecular flexibility index (Phi) is 5.97. The van der Waals surface area contributed by atoms with Crippen LogP contribution < -0.4 is 0 Å². The average Bonchev–Trinajstić information content (AvgIpc) is 2.75. The van der Waals surface area contributed by atoms with E-state index in [1.165, 1.54) is 31.2 Å². The smallest absolute Gasteiger partial charge is 0.183 e. The van der Waals surface area contributed by atoms with Gasteiger partial charge in [-0.1, -0.05) is 54.1 Å². The van der Waals surface area contributed by atoms with Crippen LogP contribution in [-0.2, 0) is 9.47 Å². The van der Waals surface area contributed by atoms with Crippen molar-refractivity contribution < 1.29 is 9.47 Å². The molecule has 1 saturated heterocycles. The molecule has 0 aromatic heterocycles. The van der Waals surface area contributed by atoms with E-state index in [4.69, 9.17) is 21.1 Å². The fraction of sp³-hybridized carbons (Fsp3) is 0.417. The largest absolute Gasteiger partial charge is 0.348 e. The minimum atomic E-state index is -0.245. The maximum atomic E-state index is 6.08. The standard InChI is InChI=1S/C24H27ClO2/c1-2-17-3-5-20(6-4-17)22-15-26-24(27-16-22)21-9-7-18(8-10-21)19-11-13-23(25)14-12-19/h2,7-14,17,20,22,24H,1,3-6,15-16H2. The summed E-state index contributed by atoms with van der Waals surface area (Å²) in [6.07, 6.45) is 6.95. The molecule has 0 atom stereocenters. The highest BCUT2D eigenvalue weighted by atomic mass is 35.5. The van der Waals surface area contributed by atoms with Crippen molar-refractivity contribution in [2.24, 2.45) is 17.8 Å². The minimum absolute atomic E-state index is 0.245. The molecule has 1 saturated carbocycles. The van der Waals surface area contributed by atoms with E-state index in [0.717, 1.165) is 35.3 Å². The molecule has 0 bridgehead atoms. The fourth-order valence-electron chi connectivity index (χ4n) is 4.31. The zero-order valence-electron chi connectivity index (χ0n) is 15.6. The van der Waals surface area contributed by atoms with Gasteiger partial charge in [0.05, 0.1) is 13.2 Å². The molecule has 27 heavy (non-hydrogen) atoms. The highest BCUT2D eigenvalue weighted by Gasteiger charge is 2.31. The lowest BCUT2D eigenvalue weighted by molar-refractivity contribution is -0.214. The molecule has 2 aliphatic rings. The third-order valence-electron chi connectivity index (χ3n) is 6.10. The second kappa shape index (κ2) is 8.60. The first-order chi connectivity index (χ1) is 13.2. The average molecular weight is 383 g/mol. The number of hydrogen-bond acceptors (Lipinski definition) is 2. The Hall–Kier alpha value is -1.61. The summed E-state index contributed by atoms with van der Waals surface area (Å²) in [5.74, 6) is 1.97. The first kappa shape index (κ1) is 18.7. The maximum absolute atomic E-state index is 6.08. The van der Waals surface area contributed by atoms with E-state index in [1.807, 2.05) is 24.3 Å². The Balaban J connectivity index is 1.33. The number of benzene rings is 2. The number of rotatable bonds is 4. The van der Waals surface area contributed by atoms with Crippen molar-refractivity contribution in [2.75, 3.05) is 13.2 Å². The predicted octanol–water partition coefficient (Wildman–Crippen LogP) is 6.66. The lowest BCUT2D eigenvalue weighted by Gasteiger charge is -2.37. The van der Waals surface area contributed by atoms with Crippen LogP contribution in [0.5, 0.6) is 0 Å². The lowest BCUT2D eigenvalue weighted by atomic mass is 9.76. The number of hydrogen-bond donors (Lipinski definition) is 0. The summed E-state index contributed by atoms with van der Waals surface area (Å²) in [5.41, 5.74) is 3.41. The topological polar surface area (TPSA) is 18.5 Å². The molecule has 1 aliphatic heterocycles. The Labute approximate surface area is 167 Å². The van der Waals surface area contributed by atoms with Crippen LogP contribution in [0.2, 0.25) is 5.02 Å². The molecular weight excluding hydrogens is 356 g/mol. The van der Waals surface area contributed by atoms with Gasteiger partial charge in [-0.3, -0.25) is 0 Å². The fourth-order valence-corrected chi connectivity index (χ4v) is 4.44. The minimum Gasteiger partial charge on any atom is -0.348 e. The summed E-state index contributed by atoms with van der Waals surface area (Å²) in [4.78, 5) is 0. The predicted molar refractivity (Wildman–Crippen MR) is 111 cm³/mol. The molecule has 2 fully saturated rings. The Morgan fingerprint density at radius 2 is 1.33 bits per heavy atom. The second-order valence-electron chi connectivity index (χ2n) is 7.80. The summed E-state index contributed by atoms with van der Waals surface area (Å²) < 4.78 is 12.2. The number of allylic oxidation sites excluding steroid dienone is 1. The van der Waals surface area contributed by atoms with Gasteiger partial charge in [-0.2, -0.15) is 0 Å². The molecule has 0 unspecified atom stereocenters. The molecule has 2 aromatic carbocycles. The van der Waals surface area contributed by atoms with Crippen LogP contribution in [0, 0.1) is 17.8 Å². The van der Waals surface area contributed by atoms with Gasteiger partial charge in [0.2, 0.25) is 0 Å². The van der Waals surface area contributed by atoms with Crippen molar-refractivity contribution in [3.8, 4) is 11.1 Å². The van der Waals surface area contributed by atoms with Crippen molar-refractivity contribution in [1.82, 2.24) is 0 Å². The van der Waals surface area contributed by atoms with E-state index >= 15 is 0 Å². The summed E-state index contributed by atoms with van der Waals surface area (Å²) in [5, 5.41) is 0.756. The lowest BCUT2D eigenvalue weighted by Crippen LogP contribution is -2.34.